The van der Waals surface area contributed by atoms with Crippen LogP contribution in [-0.4, -0.2) is 19.3 Å². The second-order valence-corrected chi connectivity index (χ2v) is 4.83. The second-order valence-electron chi connectivity index (χ2n) is 4.47. The molecule has 0 saturated heterocycles. The Morgan fingerprint density at radius 2 is 1.95 bits per heavy atom. The zero-order valence-corrected chi connectivity index (χ0v) is 11.7. The third-order valence-corrected chi connectivity index (χ3v) is 3.32. The molecule has 0 amide bonds. The van der Waals surface area contributed by atoms with Crippen LogP contribution in [0.5, 0.6) is 0 Å². The molecule has 0 unspecified atom stereocenters. The van der Waals surface area contributed by atoms with Crippen LogP contribution >= 0.6 is 11.6 Å². The van der Waals surface area contributed by atoms with Crippen LogP contribution in [0.4, 0.5) is 5.69 Å². The quantitative estimate of drug-likeness (QED) is 0.747. The number of para-hydroxylation sites is 1. The normalized spacial score (nSPS) is 10.7. The zero-order chi connectivity index (χ0) is 14.8. The lowest BCUT2D eigenvalue weighted by molar-refractivity contribution is 0.705. The van der Waals surface area contributed by atoms with Crippen molar-refractivity contribution in [1.29, 1.82) is 0 Å². The smallest absolute Gasteiger partial charge is 0.278 e. The molecule has 3 aromatic rings. The van der Waals surface area contributed by atoms with E-state index in [2.05, 4.69) is 10.1 Å². The molecule has 2 N–H and O–H groups in total. The van der Waals surface area contributed by atoms with Crippen molar-refractivity contribution in [3.8, 4) is 5.69 Å². The Hall–Kier alpha value is -2.60. The molecule has 0 fully saturated rings. The summed E-state index contributed by atoms with van der Waals surface area (Å²) in [6, 6.07) is 11.5. The highest BCUT2D eigenvalue weighted by molar-refractivity contribution is 6.31. The van der Waals surface area contributed by atoms with Crippen LogP contribution < -0.4 is 11.3 Å². The third kappa shape index (κ3) is 2.66. The van der Waals surface area contributed by atoms with E-state index in [1.54, 1.807) is 4.68 Å². The van der Waals surface area contributed by atoms with E-state index in [0.29, 0.717) is 0 Å². The van der Waals surface area contributed by atoms with Gasteiger partial charge in [-0.3, -0.25) is 9.36 Å². The van der Waals surface area contributed by atoms with Crippen LogP contribution in [0.1, 0.15) is 5.69 Å². The molecule has 21 heavy (non-hydrogen) atoms. The van der Waals surface area contributed by atoms with Gasteiger partial charge in [-0.2, -0.15) is 5.10 Å². The number of nitrogens with two attached hydrogens (primary N) is 1. The summed E-state index contributed by atoms with van der Waals surface area (Å²) in [7, 11) is 0. The van der Waals surface area contributed by atoms with E-state index in [0.717, 1.165) is 11.4 Å². The molecular weight excluding hydrogens is 290 g/mol. The van der Waals surface area contributed by atoms with Gasteiger partial charge < -0.3 is 5.73 Å². The first-order valence-electron chi connectivity index (χ1n) is 6.25. The first kappa shape index (κ1) is 13.4. The molecule has 106 valence electrons. The largest absolute Gasteiger partial charge is 0.392 e. The summed E-state index contributed by atoms with van der Waals surface area (Å²) in [5.74, 6) is 0. The van der Waals surface area contributed by atoms with Crippen LogP contribution in [0.25, 0.3) is 5.69 Å². The fourth-order valence-corrected chi connectivity index (χ4v) is 2.07. The molecule has 2 heterocycles. The Kier molecular flexibility index (Phi) is 3.45. The summed E-state index contributed by atoms with van der Waals surface area (Å²) in [5, 5.41) is 4.44. The molecule has 0 aliphatic rings. The van der Waals surface area contributed by atoms with Crippen molar-refractivity contribution in [3.05, 3.63) is 70.1 Å². The summed E-state index contributed by atoms with van der Waals surface area (Å²) in [6.07, 6.45) is 3.20. The molecule has 0 saturated carbocycles. The Labute approximate surface area is 125 Å². The molecule has 2 aromatic heterocycles. The first-order valence-corrected chi connectivity index (χ1v) is 6.63. The topological polar surface area (TPSA) is 78.7 Å². The van der Waals surface area contributed by atoms with Crippen molar-refractivity contribution >= 4 is 17.3 Å². The fraction of sp³-hybridized carbons (Fsp3) is 0.0714. The van der Waals surface area contributed by atoms with Gasteiger partial charge in [0.15, 0.2) is 5.15 Å². The van der Waals surface area contributed by atoms with Crippen molar-refractivity contribution in [1.82, 2.24) is 19.3 Å². The Bertz CT molecular complexity index is 825. The van der Waals surface area contributed by atoms with Crippen LogP contribution in [0.2, 0.25) is 5.15 Å². The highest BCUT2D eigenvalue weighted by atomic mass is 35.5. The van der Waals surface area contributed by atoms with Gasteiger partial charge in [-0.05, 0) is 18.2 Å². The SMILES string of the molecule is Nc1c(Cl)ncn(Cc2ccn(-c3ccccc3)n2)c1=O. The van der Waals surface area contributed by atoms with Gasteiger partial charge in [-0.1, -0.05) is 29.8 Å². The molecular formula is C14H12ClN5O. The van der Waals surface area contributed by atoms with E-state index < -0.39 is 0 Å². The Balaban J connectivity index is 1.89. The molecule has 7 heteroatoms. The monoisotopic (exact) mass is 301 g/mol. The first-order chi connectivity index (χ1) is 10.1. The van der Waals surface area contributed by atoms with Crippen molar-refractivity contribution in [2.45, 2.75) is 6.54 Å². The van der Waals surface area contributed by atoms with Crippen molar-refractivity contribution in [2.75, 3.05) is 5.73 Å². The van der Waals surface area contributed by atoms with E-state index in [9.17, 15) is 4.79 Å². The highest BCUT2D eigenvalue weighted by Crippen LogP contribution is 2.10. The minimum atomic E-state index is -0.371. The highest BCUT2D eigenvalue weighted by Gasteiger charge is 2.08. The lowest BCUT2D eigenvalue weighted by Gasteiger charge is -2.05. The van der Waals surface area contributed by atoms with Crippen molar-refractivity contribution in [2.24, 2.45) is 0 Å². The summed E-state index contributed by atoms with van der Waals surface area (Å²) >= 11 is 5.70. The van der Waals surface area contributed by atoms with Gasteiger partial charge >= 0.3 is 0 Å². The molecule has 0 radical (unpaired) electrons. The second kappa shape index (κ2) is 5.41. The van der Waals surface area contributed by atoms with Gasteiger partial charge in [-0.25, -0.2) is 9.67 Å². The van der Waals surface area contributed by atoms with Gasteiger partial charge in [0.1, 0.15) is 5.69 Å². The molecule has 0 aliphatic carbocycles. The molecule has 1 aromatic carbocycles. The number of nitrogens with zero attached hydrogens (tertiary/aromatic N) is 4. The Morgan fingerprint density at radius 3 is 2.71 bits per heavy atom. The predicted octanol–water partition coefficient (Wildman–Crippen LogP) is 1.71. The maximum Gasteiger partial charge on any atom is 0.278 e. The van der Waals surface area contributed by atoms with Crippen molar-refractivity contribution < 1.29 is 0 Å². The fourth-order valence-electron chi connectivity index (χ4n) is 1.94. The Morgan fingerprint density at radius 1 is 1.19 bits per heavy atom. The zero-order valence-electron chi connectivity index (χ0n) is 11.0. The average Bonchev–Trinajstić information content (AvgIpc) is 2.97. The minimum absolute atomic E-state index is 0.0195. The number of benzene rings is 1. The van der Waals surface area contributed by atoms with Crippen LogP contribution in [0.3, 0.4) is 0 Å². The molecule has 0 bridgehead atoms. The van der Waals surface area contributed by atoms with Gasteiger partial charge in [0, 0.05) is 6.20 Å². The van der Waals surface area contributed by atoms with E-state index in [4.69, 9.17) is 17.3 Å². The number of hydrogen-bond donors (Lipinski definition) is 1. The van der Waals surface area contributed by atoms with Crippen molar-refractivity contribution in [3.63, 3.8) is 0 Å². The summed E-state index contributed by atoms with van der Waals surface area (Å²) in [4.78, 5) is 15.8. The average molecular weight is 302 g/mol. The lowest BCUT2D eigenvalue weighted by Crippen LogP contribution is -2.24. The van der Waals surface area contributed by atoms with Crippen LogP contribution in [-0.2, 0) is 6.54 Å². The number of rotatable bonds is 3. The van der Waals surface area contributed by atoms with Gasteiger partial charge in [0.25, 0.3) is 5.56 Å². The summed E-state index contributed by atoms with van der Waals surface area (Å²) in [6.45, 7) is 0.285. The van der Waals surface area contributed by atoms with Gasteiger partial charge in [0.2, 0.25) is 0 Å². The maximum absolute atomic E-state index is 11.9. The minimum Gasteiger partial charge on any atom is -0.392 e. The number of aromatic nitrogens is 4. The van der Waals surface area contributed by atoms with Gasteiger partial charge in [-0.15, -0.1) is 0 Å². The number of nitrogen functional groups attached to an aromatic ring is 1. The number of hydrogen-bond acceptors (Lipinski definition) is 4. The predicted molar refractivity (Wildman–Crippen MR) is 80.6 cm³/mol. The standard InChI is InChI=1S/C14H12ClN5O/c15-13-12(16)14(21)19(9-17-13)8-10-6-7-20(18-10)11-4-2-1-3-5-11/h1-7,9H,8,16H2. The van der Waals surface area contributed by atoms with Gasteiger partial charge in [0.05, 0.1) is 24.3 Å². The number of anilines is 1. The molecule has 6 nitrogen and oxygen atoms in total. The van der Waals surface area contributed by atoms with Crippen LogP contribution in [0, 0.1) is 0 Å². The molecule has 0 spiro atoms. The molecule has 0 atom stereocenters. The third-order valence-electron chi connectivity index (χ3n) is 3.02. The summed E-state index contributed by atoms with van der Waals surface area (Å²) in [5.41, 5.74) is 6.83. The number of halogens is 1. The molecule has 3 rings (SSSR count). The van der Waals surface area contributed by atoms with E-state index in [1.165, 1.54) is 10.9 Å². The van der Waals surface area contributed by atoms with E-state index >= 15 is 0 Å². The molecule has 0 aliphatic heterocycles. The van der Waals surface area contributed by atoms with E-state index in [1.807, 2.05) is 42.6 Å². The summed E-state index contributed by atoms with van der Waals surface area (Å²) < 4.78 is 3.12. The van der Waals surface area contributed by atoms with E-state index in [-0.39, 0.29) is 22.9 Å². The maximum atomic E-state index is 11.9. The van der Waals surface area contributed by atoms with Crippen LogP contribution in [0.15, 0.2) is 53.7 Å². The lowest BCUT2D eigenvalue weighted by atomic mass is 10.3.